The molecule has 1 heterocycles. The van der Waals surface area contributed by atoms with Gasteiger partial charge in [0.2, 0.25) is 5.76 Å². The Kier molecular flexibility index (Phi) is 4.18. The lowest BCUT2D eigenvalue weighted by Crippen LogP contribution is -2.13. The standard InChI is InChI=1S/C12H9Cl2NO5S/c1-6-10(5-9(20-6)12(16)17)21(18,19)15-8-4-2-3-7(13)11(8)14/h2-5,15H,1H3,(H,16,17). The number of hydrogen-bond donors (Lipinski definition) is 2. The summed E-state index contributed by atoms with van der Waals surface area (Å²) in [6, 6.07) is 5.39. The van der Waals surface area contributed by atoms with Gasteiger partial charge in [-0.05, 0) is 19.1 Å². The Balaban J connectivity index is 2.43. The molecular formula is C12H9Cl2NO5S. The summed E-state index contributed by atoms with van der Waals surface area (Å²) in [5, 5.41) is 9.04. The minimum atomic E-state index is -4.05. The number of aromatic carboxylic acids is 1. The van der Waals surface area contributed by atoms with E-state index < -0.39 is 21.8 Å². The summed E-state index contributed by atoms with van der Waals surface area (Å²) in [6.45, 7) is 1.35. The van der Waals surface area contributed by atoms with Gasteiger partial charge in [0.15, 0.2) is 0 Å². The van der Waals surface area contributed by atoms with Crippen LogP contribution >= 0.6 is 23.2 Å². The predicted molar refractivity (Wildman–Crippen MR) is 77.7 cm³/mol. The third-order valence-electron chi connectivity index (χ3n) is 2.57. The van der Waals surface area contributed by atoms with Crippen molar-refractivity contribution in [2.24, 2.45) is 0 Å². The third kappa shape index (κ3) is 3.15. The second-order valence-corrected chi connectivity index (χ2v) is 6.48. The maximum absolute atomic E-state index is 12.3. The molecule has 0 amide bonds. The first-order valence-electron chi connectivity index (χ1n) is 5.53. The van der Waals surface area contributed by atoms with Crippen molar-refractivity contribution in [3.63, 3.8) is 0 Å². The molecule has 21 heavy (non-hydrogen) atoms. The van der Waals surface area contributed by atoms with Crippen LogP contribution in [0.1, 0.15) is 16.3 Å². The maximum atomic E-state index is 12.3. The molecule has 6 nitrogen and oxygen atoms in total. The second kappa shape index (κ2) is 5.59. The number of benzene rings is 1. The molecule has 9 heteroatoms. The van der Waals surface area contributed by atoms with E-state index in [0.29, 0.717) is 0 Å². The minimum absolute atomic E-state index is 0.0435. The Morgan fingerprint density at radius 1 is 1.33 bits per heavy atom. The normalized spacial score (nSPS) is 11.4. The van der Waals surface area contributed by atoms with E-state index in [4.69, 9.17) is 32.7 Å². The molecule has 2 aromatic rings. The molecule has 0 saturated carbocycles. The number of halogens is 2. The first-order valence-corrected chi connectivity index (χ1v) is 7.77. The summed E-state index contributed by atoms with van der Waals surface area (Å²) in [5.74, 6) is -1.87. The monoisotopic (exact) mass is 349 g/mol. The first-order chi connectivity index (χ1) is 9.72. The fourth-order valence-electron chi connectivity index (χ4n) is 1.62. The van der Waals surface area contributed by atoms with Crippen molar-refractivity contribution in [3.8, 4) is 0 Å². The van der Waals surface area contributed by atoms with Crippen molar-refractivity contribution in [3.05, 3.63) is 45.8 Å². The Morgan fingerprint density at radius 2 is 2.00 bits per heavy atom. The zero-order valence-corrected chi connectivity index (χ0v) is 12.9. The highest BCUT2D eigenvalue weighted by Crippen LogP contribution is 2.32. The fraction of sp³-hybridized carbons (Fsp3) is 0.0833. The van der Waals surface area contributed by atoms with Crippen molar-refractivity contribution >= 4 is 44.9 Å². The highest BCUT2D eigenvalue weighted by atomic mass is 35.5. The molecule has 0 fully saturated rings. The molecule has 1 aromatic heterocycles. The number of sulfonamides is 1. The quantitative estimate of drug-likeness (QED) is 0.881. The van der Waals surface area contributed by atoms with E-state index in [1.807, 2.05) is 0 Å². The zero-order chi connectivity index (χ0) is 15.8. The molecule has 0 bridgehead atoms. The molecule has 0 aliphatic heterocycles. The van der Waals surface area contributed by atoms with Crippen LogP contribution in [-0.2, 0) is 10.0 Å². The van der Waals surface area contributed by atoms with Crippen LogP contribution in [0.25, 0.3) is 0 Å². The Hall–Kier alpha value is -1.70. The van der Waals surface area contributed by atoms with Gasteiger partial charge in [-0.2, -0.15) is 0 Å². The van der Waals surface area contributed by atoms with Gasteiger partial charge in [-0.25, -0.2) is 13.2 Å². The average Bonchev–Trinajstić information content (AvgIpc) is 2.78. The summed E-state index contributed by atoms with van der Waals surface area (Å²) < 4.78 is 31.6. The van der Waals surface area contributed by atoms with Crippen molar-refractivity contribution in [2.45, 2.75) is 11.8 Å². The van der Waals surface area contributed by atoms with Crippen molar-refractivity contribution in [2.75, 3.05) is 4.72 Å². The van der Waals surface area contributed by atoms with Gasteiger partial charge in [0.1, 0.15) is 10.7 Å². The highest BCUT2D eigenvalue weighted by Gasteiger charge is 2.24. The highest BCUT2D eigenvalue weighted by molar-refractivity contribution is 7.92. The lowest BCUT2D eigenvalue weighted by atomic mass is 10.3. The van der Waals surface area contributed by atoms with E-state index in [1.165, 1.54) is 25.1 Å². The maximum Gasteiger partial charge on any atom is 0.371 e. The Bertz CT molecular complexity index is 813. The first kappa shape index (κ1) is 15.7. The van der Waals surface area contributed by atoms with Crippen LogP contribution in [0.4, 0.5) is 5.69 Å². The van der Waals surface area contributed by atoms with Gasteiger partial charge >= 0.3 is 5.97 Å². The van der Waals surface area contributed by atoms with Gasteiger partial charge in [-0.15, -0.1) is 0 Å². The molecule has 0 spiro atoms. The van der Waals surface area contributed by atoms with Crippen molar-refractivity contribution in [1.82, 2.24) is 0 Å². The summed E-state index contributed by atoms with van der Waals surface area (Å²) in [4.78, 5) is 10.5. The minimum Gasteiger partial charge on any atom is -0.475 e. The van der Waals surface area contributed by atoms with E-state index in [9.17, 15) is 13.2 Å². The predicted octanol–water partition coefficient (Wildman–Crippen LogP) is 3.39. The summed E-state index contributed by atoms with van der Waals surface area (Å²) in [6.07, 6.45) is 0. The van der Waals surface area contributed by atoms with E-state index in [-0.39, 0.29) is 26.4 Å². The number of carboxylic acid groups (broad SMARTS) is 1. The van der Waals surface area contributed by atoms with Gasteiger partial charge < -0.3 is 9.52 Å². The second-order valence-electron chi connectivity index (χ2n) is 4.04. The van der Waals surface area contributed by atoms with Gasteiger partial charge in [0.05, 0.1) is 15.7 Å². The molecule has 2 rings (SSSR count). The Morgan fingerprint density at radius 3 is 2.57 bits per heavy atom. The van der Waals surface area contributed by atoms with E-state index in [0.717, 1.165) is 6.07 Å². The fourth-order valence-corrected chi connectivity index (χ4v) is 3.28. The number of anilines is 1. The SMILES string of the molecule is Cc1oc(C(=O)O)cc1S(=O)(=O)Nc1cccc(Cl)c1Cl. The van der Waals surface area contributed by atoms with Crippen LogP contribution in [0.2, 0.25) is 10.0 Å². The topological polar surface area (TPSA) is 96.6 Å². The van der Waals surface area contributed by atoms with Gasteiger partial charge in [-0.1, -0.05) is 29.3 Å². The van der Waals surface area contributed by atoms with Gasteiger partial charge in [0, 0.05) is 6.07 Å². The lowest BCUT2D eigenvalue weighted by Gasteiger charge is -2.09. The smallest absolute Gasteiger partial charge is 0.371 e. The van der Waals surface area contributed by atoms with Crippen LogP contribution in [0.5, 0.6) is 0 Å². The largest absolute Gasteiger partial charge is 0.475 e. The average molecular weight is 350 g/mol. The zero-order valence-electron chi connectivity index (χ0n) is 10.6. The molecule has 2 N–H and O–H groups in total. The molecule has 1 aromatic carbocycles. The Labute approximate surface area is 130 Å². The number of aryl methyl sites for hydroxylation is 1. The molecule has 0 aliphatic rings. The molecule has 0 atom stereocenters. The van der Waals surface area contributed by atoms with Crippen LogP contribution in [0, 0.1) is 6.92 Å². The summed E-state index contributed by atoms with van der Waals surface area (Å²) >= 11 is 11.7. The number of nitrogens with one attached hydrogen (secondary N) is 1. The van der Waals surface area contributed by atoms with Crippen LogP contribution < -0.4 is 4.72 Å². The lowest BCUT2D eigenvalue weighted by molar-refractivity contribution is 0.0661. The van der Waals surface area contributed by atoms with Crippen LogP contribution in [0.3, 0.4) is 0 Å². The molecule has 0 radical (unpaired) electrons. The third-order valence-corrected chi connectivity index (χ3v) is 4.86. The molecule has 112 valence electrons. The number of carboxylic acids is 1. The van der Waals surface area contributed by atoms with E-state index in [2.05, 4.69) is 4.72 Å². The molecule has 0 saturated heterocycles. The van der Waals surface area contributed by atoms with E-state index >= 15 is 0 Å². The van der Waals surface area contributed by atoms with Gasteiger partial charge in [0.25, 0.3) is 10.0 Å². The molecular weight excluding hydrogens is 341 g/mol. The van der Waals surface area contributed by atoms with Gasteiger partial charge in [-0.3, -0.25) is 4.72 Å². The van der Waals surface area contributed by atoms with Crippen LogP contribution in [-0.4, -0.2) is 19.5 Å². The van der Waals surface area contributed by atoms with Crippen LogP contribution in [0.15, 0.2) is 33.6 Å². The van der Waals surface area contributed by atoms with E-state index in [1.54, 1.807) is 0 Å². The van der Waals surface area contributed by atoms with Crippen molar-refractivity contribution < 1.29 is 22.7 Å². The number of carbonyl (C=O) groups is 1. The molecule has 0 aliphatic carbocycles. The number of hydrogen-bond acceptors (Lipinski definition) is 4. The summed E-state index contributed by atoms with van der Waals surface area (Å²) in [5.41, 5.74) is 0.0849. The summed E-state index contributed by atoms with van der Waals surface area (Å²) in [7, 11) is -4.05. The molecule has 0 unspecified atom stereocenters. The number of rotatable bonds is 4. The number of furan rings is 1. The van der Waals surface area contributed by atoms with Crippen molar-refractivity contribution in [1.29, 1.82) is 0 Å².